The number of nitrogens with zero attached hydrogens (tertiary/aromatic N) is 1. The zero-order valence-electron chi connectivity index (χ0n) is 10.7. The summed E-state index contributed by atoms with van der Waals surface area (Å²) in [5.74, 6) is 0.0129. The number of pyridine rings is 1. The summed E-state index contributed by atoms with van der Waals surface area (Å²) in [6, 6.07) is 7.64. The average molecular weight is 264 g/mol. The van der Waals surface area contributed by atoms with Gasteiger partial charge in [0.2, 0.25) is 0 Å². The highest BCUT2D eigenvalue weighted by Gasteiger charge is 2.17. The van der Waals surface area contributed by atoms with Crippen LogP contribution in [0.5, 0.6) is 0 Å². The number of carbonyl (C=O) groups excluding carboxylic acids is 1. The number of fused-ring (bicyclic) bond motifs is 2. The van der Waals surface area contributed by atoms with Gasteiger partial charge in [-0.05, 0) is 23.3 Å². The molecule has 0 saturated carbocycles. The summed E-state index contributed by atoms with van der Waals surface area (Å²) in [4.78, 5) is 19.8. The second-order valence-corrected chi connectivity index (χ2v) is 4.93. The van der Waals surface area contributed by atoms with E-state index in [2.05, 4.69) is 9.97 Å². The number of hydrogen-bond donors (Lipinski definition) is 1. The molecule has 4 heteroatoms. The van der Waals surface area contributed by atoms with Crippen LogP contribution >= 0.6 is 0 Å². The van der Waals surface area contributed by atoms with Crippen molar-refractivity contribution < 1.29 is 9.53 Å². The van der Waals surface area contributed by atoms with Crippen molar-refractivity contribution in [2.24, 2.45) is 0 Å². The highest BCUT2D eigenvalue weighted by atomic mass is 16.5. The van der Waals surface area contributed by atoms with E-state index in [-0.39, 0.29) is 5.78 Å². The largest absolute Gasteiger partial charge is 0.372 e. The van der Waals surface area contributed by atoms with Crippen molar-refractivity contribution in [3.63, 3.8) is 0 Å². The van der Waals surface area contributed by atoms with Gasteiger partial charge < -0.3 is 9.72 Å². The quantitative estimate of drug-likeness (QED) is 0.724. The Bertz CT molecular complexity index is 820. The summed E-state index contributed by atoms with van der Waals surface area (Å²) in [6.07, 6.45) is 5.17. The maximum absolute atomic E-state index is 12.6. The third kappa shape index (κ3) is 1.66. The van der Waals surface area contributed by atoms with Crippen LogP contribution in [-0.4, -0.2) is 15.8 Å². The summed E-state index contributed by atoms with van der Waals surface area (Å²) in [6.45, 7) is 1.23. The Morgan fingerprint density at radius 2 is 2.10 bits per heavy atom. The fourth-order valence-corrected chi connectivity index (χ4v) is 2.62. The van der Waals surface area contributed by atoms with Crippen LogP contribution in [0.4, 0.5) is 0 Å². The number of ketones is 1. The maximum Gasteiger partial charge on any atom is 0.195 e. The molecular weight excluding hydrogens is 252 g/mol. The van der Waals surface area contributed by atoms with E-state index >= 15 is 0 Å². The molecule has 0 amide bonds. The lowest BCUT2D eigenvalue weighted by Gasteiger charge is -2.02. The van der Waals surface area contributed by atoms with Crippen LogP contribution in [0.3, 0.4) is 0 Å². The number of benzene rings is 1. The first kappa shape index (κ1) is 11.4. The van der Waals surface area contributed by atoms with Gasteiger partial charge in [-0.1, -0.05) is 12.1 Å². The predicted molar refractivity (Wildman–Crippen MR) is 74.5 cm³/mol. The van der Waals surface area contributed by atoms with Crippen LogP contribution < -0.4 is 0 Å². The second kappa shape index (κ2) is 4.28. The standard InChI is InChI=1S/C16H12N2O2/c19-16(10-1-2-11-8-20-9-12(11)5-10)14-7-18-15-3-4-17-6-13(14)15/h1-7,18H,8-9H2. The first-order valence-electron chi connectivity index (χ1n) is 6.48. The van der Waals surface area contributed by atoms with Gasteiger partial charge >= 0.3 is 0 Å². The molecule has 3 aromatic rings. The molecule has 0 bridgehead atoms. The summed E-state index contributed by atoms with van der Waals surface area (Å²) in [5, 5.41) is 0.856. The van der Waals surface area contributed by atoms with E-state index in [9.17, 15) is 4.79 Å². The van der Waals surface area contributed by atoms with Gasteiger partial charge in [0, 0.05) is 40.6 Å². The maximum atomic E-state index is 12.6. The number of rotatable bonds is 2. The molecule has 0 fully saturated rings. The van der Waals surface area contributed by atoms with Gasteiger partial charge in [-0.25, -0.2) is 0 Å². The lowest BCUT2D eigenvalue weighted by Crippen LogP contribution is -2.01. The smallest absolute Gasteiger partial charge is 0.195 e. The van der Waals surface area contributed by atoms with E-state index in [4.69, 9.17) is 4.74 Å². The van der Waals surface area contributed by atoms with E-state index in [1.165, 1.54) is 5.56 Å². The van der Waals surface area contributed by atoms with Crippen molar-refractivity contribution in [3.05, 3.63) is 65.1 Å². The molecule has 4 rings (SSSR count). The summed E-state index contributed by atoms with van der Waals surface area (Å²) < 4.78 is 5.38. The minimum absolute atomic E-state index is 0.0129. The van der Waals surface area contributed by atoms with Crippen LogP contribution in [0.1, 0.15) is 27.0 Å². The lowest BCUT2D eigenvalue weighted by molar-refractivity contribution is 0.104. The van der Waals surface area contributed by atoms with Crippen LogP contribution in [0.25, 0.3) is 10.9 Å². The van der Waals surface area contributed by atoms with Crippen molar-refractivity contribution in [3.8, 4) is 0 Å². The normalized spacial score (nSPS) is 13.6. The molecule has 20 heavy (non-hydrogen) atoms. The molecule has 98 valence electrons. The molecule has 0 unspecified atom stereocenters. The second-order valence-electron chi connectivity index (χ2n) is 4.93. The Labute approximate surface area is 115 Å². The van der Waals surface area contributed by atoms with E-state index in [1.54, 1.807) is 18.6 Å². The highest BCUT2D eigenvalue weighted by Crippen LogP contribution is 2.24. The van der Waals surface area contributed by atoms with Crippen LogP contribution in [0.2, 0.25) is 0 Å². The monoisotopic (exact) mass is 264 g/mol. The first-order chi connectivity index (χ1) is 9.83. The molecule has 1 N–H and O–H groups in total. The van der Waals surface area contributed by atoms with Crippen LogP contribution in [-0.2, 0) is 18.0 Å². The molecule has 0 saturated heterocycles. The molecule has 3 heterocycles. The Hall–Kier alpha value is -2.46. The van der Waals surface area contributed by atoms with Crippen molar-refractivity contribution >= 4 is 16.7 Å². The SMILES string of the molecule is O=C(c1ccc2c(c1)COC2)c1c[nH]c2ccncc12. The van der Waals surface area contributed by atoms with Gasteiger partial charge in [-0.3, -0.25) is 9.78 Å². The van der Waals surface area contributed by atoms with Crippen molar-refractivity contribution in [1.29, 1.82) is 0 Å². The van der Waals surface area contributed by atoms with Gasteiger partial charge in [0.05, 0.1) is 13.2 Å². The first-order valence-corrected chi connectivity index (χ1v) is 6.48. The average Bonchev–Trinajstić information content (AvgIpc) is 3.12. The van der Waals surface area contributed by atoms with E-state index in [0.29, 0.717) is 24.3 Å². The molecule has 1 aliphatic rings. The zero-order chi connectivity index (χ0) is 13.5. The zero-order valence-corrected chi connectivity index (χ0v) is 10.7. The Kier molecular flexibility index (Phi) is 2.44. The number of carbonyl (C=O) groups is 1. The molecule has 0 atom stereocenters. The van der Waals surface area contributed by atoms with Gasteiger partial charge in [-0.2, -0.15) is 0 Å². The number of H-pyrrole nitrogens is 1. The van der Waals surface area contributed by atoms with Gasteiger partial charge in [0.25, 0.3) is 0 Å². The summed E-state index contributed by atoms with van der Waals surface area (Å²) in [7, 11) is 0. The molecule has 0 aliphatic carbocycles. The number of nitrogens with one attached hydrogen (secondary N) is 1. The molecule has 4 nitrogen and oxygen atoms in total. The minimum Gasteiger partial charge on any atom is -0.372 e. The minimum atomic E-state index is 0.0129. The van der Waals surface area contributed by atoms with Crippen molar-refractivity contribution in [2.45, 2.75) is 13.2 Å². The molecule has 2 aromatic heterocycles. The Morgan fingerprint density at radius 3 is 3.05 bits per heavy atom. The third-order valence-electron chi connectivity index (χ3n) is 3.71. The van der Waals surface area contributed by atoms with Crippen molar-refractivity contribution in [2.75, 3.05) is 0 Å². The van der Waals surface area contributed by atoms with E-state index < -0.39 is 0 Å². The summed E-state index contributed by atoms with van der Waals surface area (Å²) >= 11 is 0. The Balaban J connectivity index is 1.80. The van der Waals surface area contributed by atoms with Crippen LogP contribution in [0, 0.1) is 0 Å². The molecule has 0 radical (unpaired) electrons. The fourth-order valence-electron chi connectivity index (χ4n) is 2.62. The van der Waals surface area contributed by atoms with Gasteiger partial charge in [0.1, 0.15) is 0 Å². The topological polar surface area (TPSA) is 55.0 Å². The molecular formula is C16H12N2O2. The molecule has 0 spiro atoms. The number of ether oxygens (including phenoxy) is 1. The lowest BCUT2D eigenvalue weighted by atomic mass is 9.99. The third-order valence-corrected chi connectivity index (χ3v) is 3.71. The number of aromatic amines is 1. The summed E-state index contributed by atoms with van der Waals surface area (Å²) in [5.41, 5.74) is 4.55. The number of hydrogen-bond acceptors (Lipinski definition) is 3. The predicted octanol–water partition coefficient (Wildman–Crippen LogP) is 2.82. The van der Waals surface area contributed by atoms with Gasteiger partial charge in [-0.15, -0.1) is 0 Å². The highest BCUT2D eigenvalue weighted by molar-refractivity contribution is 6.16. The van der Waals surface area contributed by atoms with E-state index in [1.807, 2.05) is 24.3 Å². The number of aromatic nitrogens is 2. The van der Waals surface area contributed by atoms with E-state index in [0.717, 1.165) is 16.5 Å². The molecule has 1 aliphatic heterocycles. The molecule has 1 aromatic carbocycles. The Morgan fingerprint density at radius 1 is 1.20 bits per heavy atom. The van der Waals surface area contributed by atoms with Crippen molar-refractivity contribution in [1.82, 2.24) is 9.97 Å². The fraction of sp³-hybridized carbons (Fsp3) is 0.125. The van der Waals surface area contributed by atoms with Crippen LogP contribution in [0.15, 0.2) is 42.9 Å². The van der Waals surface area contributed by atoms with Gasteiger partial charge in [0.15, 0.2) is 5.78 Å².